The number of nitrogens with zero attached hydrogens (tertiary/aromatic N) is 1. The number of rotatable bonds is 1. The maximum absolute atomic E-state index is 13.0. The zero-order valence-corrected chi connectivity index (χ0v) is 14.1. The highest BCUT2D eigenvalue weighted by Crippen LogP contribution is 2.57. The molecule has 2 bridgehead atoms. The summed E-state index contributed by atoms with van der Waals surface area (Å²) in [5.74, 6) is 0.771. The molecule has 3 aliphatic rings. The van der Waals surface area contributed by atoms with E-state index in [0.717, 1.165) is 40.2 Å². The van der Waals surface area contributed by atoms with Gasteiger partial charge in [-0.05, 0) is 48.6 Å². The summed E-state index contributed by atoms with van der Waals surface area (Å²) in [6.07, 6.45) is 3.29. The fourth-order valence-corrected chi connectivity index (χ4v) is 5.57. The maximum Gasteiger partial charge on any atom is 0.237 e. The molecule has 23 heavy (non-hydrogen) atoms. The van der Waals surface area contributed by atoms with E-state index in [1.165, 1.54) is 4.90 Å². The average molecular weight is 370 g/mol. The first kappa shape index (κ1) is 13.7. The van der Waals surface area contributed by atoms with Crippen LogP contribution < -0.4 is 4.90 Å². The van der Waals surface area contributed by atoms with Gasteiger partial charge in [-0.25, -0.2) is 4.90 Å². The Balaban J connectivity index is 1.67. The van der Waals surface area contributed by atoms with Gasteiger partial charge in [0.2, 0.25) is 11.8 Å². The van der Waals surface area contributed by atoms with Crippen LogP contribution >= 0.6 is 15.9 Å². The van der Waals surface area contributed by atoms with E-state index >= 15 is 0 Å². The monoisotopic (exact) mass is 369 g/mol. The van der Waals surface area contributed by atoms with Crippen molar-refractivity contribution in [1.29, 1.82) is 0 Å². The topological polar surface area (TPSA) is 37.4 Å². The molecule has 3 nitrogen and oxygen atoms in total. The number of benzene rings is 2. The summed E-state index contributed by atoms with van der Waals surface area (Å²) >= 11 is 3.56. The summed E-state index contributed by atoms with van der Waals surface area (Å²) < 4.78 is 0.983. The van der Waals surface area contributed by atoms with Crippen LogP contribution in [0.5, 0.6) is 0 Å². The molecule has 1 heterocycles. The van der Waals surface area contributed by atoms with E-state index < -0.39 is 0 Å². The van der Waals surface area contributed by atoms with E-state index in [9.17, 15) is 9.59 Å². The first-order valence-corrected chi connectivity index (χ1v) is 9.01. The molecule has 2 aromatic carbocycles. The number of halogens is 1. The minimum absolute atomic E-state index is 0.0275. The third-order valence-corrected chi connectivity index (χ3v) is 6.71. The SMILES string of the molecule is O=C1C2C3CCC(C3)C2C(=O)N1c1ccc(Br)c2ccccc12. The van der Waals surface area contributed by atoms with Crippen molar-refractivity contribution in [3.05, 3.63) is 40.9 Å². The molecular weight excluding hydrogens is 354 g/mol. The van der Waals surface area contributed by atoms with Gasteiger partial charge in [-0.15, -0.1) is 0 Å². The molecule has 5 rings (SSSR count). The lowest BCUT2D eigenvalue weighted by Crippen LogP contribution is -2.32. The lowest BCUT2D eigenvalue weighted by molar-refractivity contribution is -0.123. The van der Waals surface area contributed by atoms with Gasteiger partial charge in [0.15, 0.2) is 0 Å². The quantitative estimate of drug-likeness (QED) is 0.708. The van der Waals surface area contributed by atoms with Gasteiger partial charge in [0.05, 0.1) is 17.5 Å². The van der Waals surface area contributed by atoms with Crippen LogP contribution in [0.2, 0.25) is 0 Å². The van der Waals surface area contributed by atoms with Crippen molar-refractivity contribution in [3.8, 4) is 0 Å². The van der Waals surface area contributed by atoms with Crippen LogP contribution in [0.4, 0.5) is 5.69 Å². The first-order valence-electron chi connectivity index (χ1n) is 8.22. The second kappa shape index (κ2) is 4.67. The Kier molecular flexibility index (Phi) is 2.79. The second-order valence-corrected chi connectivity index (χ2v) is 7.86. The number of anilines is 1. The number of amides is 2. The van der Waals surface area contributed by atoms with E-state index in [2.05, 4.69) is 15.9 Å². The van der Waals surface area contributed by atoms with Crippen LogP contribution in [0, 0.1) is 23.7 Å². The molecular formula is C19H16BrNO2. The standard InChI is InChI=1S/C19H16BrNO2/c20-14-7-8-15(13-4-2-1-3-12(13)14)21-18(22)16-10-5-6-11(9-10)17(16)19(21)23/h1-4,7-8,10-11,16-17H,5-6,9H2. The molecule has 0 aromatic heterocycles. The molecule has 0 spiro atoms. The van der Waals surface area contributed by atoms with Crippen molar-refractivity contribution >= 4 is 44.2 Å². The Morgan fingerprint density at radius 3 is 2.13 bits per heavy atom. The van der Waals surface area contributed by atoms with E-state index in [4.69, 9.17) is 0 Å². The summed E-state index contributed by atoms with van der Waals surface area (Å²) in [6.45, 7) is 0. The summed E-state index contributed by atoms with van der Waals surface area (Å²) in [6, 6.07) is 11.7. The summed E-state index contributed by atoms with van der Waals surface area (Å²) in [4.78, 5) is 27.5. The molecule has 4 heteroatoms. The Morgan fingerprint density at radius 2 is 1.48 bits per heavy atom. The Bertz CT molecular complexity index is 834. The molecule has 3 fully saturated rings. The summed E-state index contributed by atoms with van der Waals surface area (Å²) in [5, 5.41) is 1.99. The van der Waals surface area contributed by atoms with Gasteiger partial charge >= 0.3 is 0 Å². The molecule has 1 aliphatic heterocycles. The number of hydrogen-bond donors (Lipinski definition) is 0. The average Bonchev–Trinajstić information content (AvgIpc) is 3.24. The van der Waals surface area contributed by atoms with Crippen LogP contribution in [-0.2, 0) is 9.59 Å². The normalized spacial score (nSPS) is 32.1. The number of fused-ring (bicyclic) bond motifs is 6. The molecule has 4 atom stereocenters. The van der Waals surface area contributed by atoms with Crippen LogP contribution in [0.3, 0.4) is 0 Å². The third-order valence-electron chi connectivity index (χ3n) is 6.02. The van der Waals surface area contributed by atoms with Gasteiger partial charge in [-0.3, -0.25) is 9.59 Å². The Morgan fingerprint density at radius 1 is 0.870 bits per heavy atom. The van der Waals surface area contributed by atoms with E-state index in [0.29, 0.717) is 11.8 Å². The fourth-order valence-electron chi connectivity index (χ4n) is 5.09. The van der Waals surface area contributed by atoms with Gasteiger partial charge in [0.25, 0.3) is 0 Å². The Hall–Kier alpha value is -1.68. The minimum Gasteiger partial charge on any atom is -0.274 e. The second-order valence-electron chi connectivity index (χ2n) is 7.01. The van der Waals surface area contributed by atoms with Gasteiger partial charge in [-0.2, -0.15) is 0 Å². The molecule has 2 aliphatic carbocycles. The highest BCUT2D eigenvalue weighted by atomic mass is 79.9. The Labute approximate surface area is 142 Å². The fraction of sp³-hybridized carbons (Fsp3) is 0.368. The smallest absolute Gasteiger partial charge is 0.237 e. The van der Waals surface area contributed by atoms with Gasteiger partial charge in [0, 0.05) is 9.86 Å². The first-order chi connectivity index (χ1) is 11.2. The number of hydrogen-bond acceptors (Lipinski definition) is 2. The predicted octanol–water partition coefficient (Wildman–Crippen LogP) is 4.14. The maximum atomic E-state index is 13.0. The lowest BCUT2D eigenvalue weighted by Gasteiger charge is -2.19. The van der Waals surface area contributed by atoms with Crippen molar-refractivity contribution in [2.45, 2.75) is 19.3 Å². The predicted molar refractivity (Wildman–Crippen MR) is 92.0 cm³/mol. The lowest BCUT2D eigenvalue weighted by atomic mass is 9.81. The third kappa shape index (κ3) is 1.70. The molecule has 2 aromatic rings. The van der Waals surface area contributed by atoms with Crippen LogP contribution in [-0.4, -0.2) is 11.8 Å². The molecule has 0 radical (unpaired) electrons. The zero-order chi connectivity index (χ0) is 15.7. The van der Waals surface area contributed by atoms with Crippen molar-refractivity contribution in [2.24, 2.45) is 23.7 Å². The van der Waals surface area contributed by atoms with E-state index in [-0.39, 0.29) is 23.7 Å². The number of carbonyl (C=O) groups is 2. The molecule has 1 saturated heterocycles. The van der Waals surface area contributed by atoms with Crippen LogP contribution in [0.25, 0.3) is 10.8 Å². The highest BCUT2D eigenvalue weighted by Gasteiger charge is 2.61. The molecule has 0 N–H and O–H groups in total. The largest absolute Gasteiger partial charge is 0.274 e. The zero-order valence-electron chi connectivity index (χ0n) is 12.5. The number of carbonyl (C=O) groups excluding carboxylic acids is 2. The van der Waals surface area contributed by atoms with E-state index in [1.807, 2.05) is 36.4 Å². The van der Waals surface area contributed by atoms with Crippen LogP contribution in [0.15, 0.2) is 40.9 Å². The summed E-state index contributed by atoms with van der Waals surface area (Å²) in [7, 11) is 0. The van der Waals surface area contributed by atoms with Gasteiger partial charge in [-0.1, -0.05) is 40.2 Å². The van der Waals surface area contributed by atoms with E-state index in [1.54, 1.807) is 0 Å². The number of imide groups is 1. The van der Waals surface area contributed by atoms with Crippen molar-refractivity contribution in [1.82, 2.24) is 0 Å². The van der Waals surface area contributed by atoms with Gasteiger partial charge in [0.1, 0.15) is 0 Å². The molecule has 2 saturated carbocycles. The van der Waals surface area contributed by atoms with Crippen LogP contribution in [0.1, 0.15) is 19.3 Å². The minimum atomic E-state index is -0.0661. The van der Waals surface area contributed by atoms with Crippen molar-refractivity contribution in [3.63, 3.8) is 0 Å². The van der Waals surface area contributed by atoms with Crippen molar-refractivity contribution in [2.75, 3.05) is 4.90 Å². The molecule has 116 valence electrons. The molecule has 2 amide bonds. The van der Waals surface area contributed by atoms with Crippen molar-refractivity contribution < 1.29 is 9.59 Å². The van der Waals surface area contributed by atoms with Gasteiger partial charge < -0.3 is 0 Å². The summed E-state index contributed by atoms with van der Waals surface area (Å²) in [5.41, 5.74) is 0.743. The molecule has 4 unspecified atom stereocenters. The highest BCUT2D eigenvalue weighted by molar-refractivity contribution is 9.10.